The molecule has 1 atom stereocenters. The maximum absolute atomic E-state index is 12.7. The minimum Gasteiger partial charge on any atom is -0.493 e. The average Bonchev–Trinajstić information content (AvgIpc) is 3.04. The van der Waals surface area contributed by atoms with Crippen molar-refractivity contribution in [1.82, 2.24) is 5.32 Å². The van der Waals surface area contributed by atoms with Gasteiger partial charge in [0.05, 0.1) is 29.5 Å². The molecular weight excluding hydrogens is 562 g/mol. The van der Waals surface area contributed by atoms with Crippen molar-refractivity contribution in [2.24, 2.45) is 0 Å². The summed E-state index contributed by atoms with van der Waals surface area (Å²) in [5.74, 6) is 1.44. The Morgan fingerprint density at radius 3 is 2.35 bits per heavy atom. The van der Waals surface area contributed by atoms with Crippen molar-refractivity contribution in [3.05, 3.63) is 125 Å². The fourth-order valence-electron chi connectivity index (χ4n) is 4.54. The number of nitrogens with one attached hydrogen (secondary N) is 2. The van der Waals surface area contributed by atoms with Crippen LogP contribution < -0.4 is 24.8 Å². The van der Waals surface area contributed by atoms with Crippen molar-refractivity contribution < 1.29 is 23.8 Å². The fraction of sp³-hybridized carbons (Fsp3) is 0.147. The molecule has 1 aliphatic heterocycles. The van der Waals surface area contributed by atoms with E-state index in [1.165, 1.54) is 0 Å². The number of amides is 2. The third-order valence-electron chi connectivity index (χ3n) is 6.65. The number of ether oxygens (including phenoxy) is 3. The van der Waals surface area contributed by atoms with E-state index in [0.29, 0.717) is 40.1 Å². The number of methoxy groups -OCH3 is 1. The van der Waals surface area contributed by atoms with Crippen molar-refractivity contribution in [2.45, 2.75) is 18.9 Å². The minimum absolute atomic E-state index is 0.00532. The summed E-state index contributed by atoms with van der Waals surface area (Å²) in [6.45, 7) is 0.375. The summed E-state index contributed by atoms with van der Waals surface area (Å²) in [5.41, 5.74) is 2.76. The van der Waals surface area contributed by atoms with Gasteiger partial charge in [-0.2, -0.15) is 5.26 Å². The molecular formula is C34H29N3O5S. The second-order valence-corrected chi connectivity index (χ2v) is 10.6. The van der Waals surface area contributed by atoms with Crippen molar-refractivity contribution in [3.63, 3.8) is 0 Å². The largest absolute Gasteiger partial charge is 0.493 e. The highest BCUT2D eigenvalue weighted by Crippen LogP contribution is 2.39. The van der Waals surface area contributed by atoms with Crippen LogP contribution in [-0.4, -0.2) is 24.7 Å². The highest BCUT2D eigenvalue weighted by atomic mass is 32.2. The maximum atomic E-state index is 12.7. The van der Waals surface area contributed by atoms with Gasteiger partial charge < -0.3 is 24.8 Å². The Hall–Kier alpha value is -5.20. The number of nitriles is 1. The SMILES string of the molecule is COc1cc([C@H]2CC(=O)NC(SCC(=O)Nc3ccc(Oc4ccccc4)cc3)=C2C#N)ccc1OCc1ccccc1. The summed E-state index contributed by atoms with van der Waals surface area (Å²) in [7, 11) is 1.55. The van der Waals surface area contributed by atoms with E-state index in [1.54, 1.807) is 43.5 Å². The molecule has 216 valence electrons. The van der Waals surface area contributed by atoms with Crippen LogP contribution in [0.5, 0.6) is 23.0 Å². The van der Waals surface area contributed by atoms with E-state index in [9.17, 15) is 14.9 Å². The predicted octanol–water partition coefficient (Wildman–Crippen LogP) is 6.78. The van der Waals surface area contributed by atoms with E-state index >= 15 is 0 Å². The zero-order valence-electron chi connectivity index (χ0n) is 23.4. The van der Waals surface area contributed by atoms with E-state index in [0.717, 1.165) is 28.6 Å². The van der Waals surface area contributed by atoms with Crippen LogP contribution in [0.4, 0.5) is 5.69 Å². The maximum Gasteiger partial charge on any atom is 0.234 e. The molecule has 5 rings (SSSR count). The number of carbonyl (C=O) groups excluding carboxylic acids is 2. The highest BCUT2D eigenvalue weighted by Gasteiger charge is 2.30. The van der Waals surface area contributed by atoms with E-state index < -0.39 is 5.92 Å². The molecule has 0 saturated heterocycles. The predicted molar refractivity (Wildman–Crippen MR) is 166 cm³/mol. The Bertz CT molecular complexity index is 1650. The van der Waals surface area contributed by atoms with Crippen molar-refractivity contribution >= 4 is 29.3 Å². The van der Waals surface area contributed by atoms with Gasteiger partial charge in [-0.15, -0.1) is 0 Å². The number of nitrogens with zero attached hydrogens (tertiary/aromatic N) is 1. The first kappa shape index (κ1) is 29.3. The first-order valence-electron chi connectivity index (χ1n) is 13.6. The molecule has 43 heavy (non-hydrogen) atoms. The molecule has 1 heterocycles. The van der Waals surface area contributed by atoms with E-state index in [2.05, 4.69) is 16.7 Å². The van der Waals surface area contributed by atoms with Crippen molar-refractivity contribution in [1.29, 1.82) is 5.26 Å². The quantitative estimate of drug-likeness (QED) is 0.198. The van der Waals surface area contributed by atoms with Crippen molar-refractivity contribution in [3.8, 4) is 29.1 Å². The molecule has 4 aromatic carbocycles. The van der Waals surface area contributed by atoms with Crippen LogP contribution in [0.15, 0.2) is 114 Å². The number of carbonyl (C=O) groups is 2. The molecule has 2 amide bonds. The molecule has 0 fully saturated rings. The Labute approximate surface area is 254 Å². The molecule has 0 aliphatic carbocycles. The van der Waals surface area contributed by atoms with Gasteiger partial charge in [-0.3, -0.25) is 9.59 Å². The molecule has 0 saturated carbocycles. The molecule has 0 aromatic heterocycles. The molecule has 9 heteroatoms. The summed E-state index contributed by atoms with van der Waals surface area (Å²) < 4.78 is 17.3. The molecule has 0 unspecified atom stereocenters. The lowest BCUT2D eigenvalue weighted by Crippen LogP contribution is -2.31. The zero-order chi connectivity index (χ0) is 30.0. The van der Waals surface area contributed by atoms with Gasteiger partial charge in [0.15, 0.2) is 11.5 Å². The first-order valence-corrected chi connectivity index (χ1v) is 14.6. The summed E-state index contributed by atoms with van der Waals surface area (Å²) in [6, 6.07) is 33.9. The van der Waals surface area contributed by atoms with Gasteiger partial charge in [-0.05, 0) is 59.7 Å². The Balaban J connectivity index is 1.23. The Morgan fingerprint density at radius 1 is 0.953 bits per heavy atom. The molecule has 0 bridgehead atoms. The monoisotopic (exact) mass is 591 g/mol. The lowest BCUT2D eigenvalue weighted by atomic mass is 9.87. The van der Waals surface area contributed by atoms with Gasteiger partial charge in [-0.1, -0.05) is 66.4 Å². The second kappa shape index (κ2) is 14.1. The van der Waals surface area contributed by atoms with Crippen LogP contribution in [0.1, 0.15) is 23.5 Å². The number of hydrogen-bond donors (Lipinski definition) is 2. The summed E-state index contributed by atoms with van der Waals surface area (Å²) >= 11 is 1.12. The van der Waals surface area contributed by atoms with Crippen LogP contribution in [-0.2, 0) is 16.2 Å². The van der Waals surface area contributed by atoms with Crippen LogP contribution in [0.25, 0.3) is 0 Å². The summed E-state index contributed by atoms with van der Waals surface area (Å²) in [6.07, 6.45) is 0.101. The van der Waals surface area contributed by atoms with Crippen LogP contribution in [0.2, 0.25) is 0 Å². The number of benzene rings is 4. The van der Waals surface area contributed by atoms with E-state index in [4.69, 9.17) is 14.2 Å². The standard InChI is InChI=1S/C34H29N3O5S/c1-40-31-18-24(12-17-30(31)41-21-23-8-4-2-5-9-23)28-19-32(38)37-34(29(28)20-35)43-22-33(39)36-25-13-15-27(16-14-25)42-26-10-6-3-7-11-26/h2-18,28H,19,21-22H2,1H3,(H,36,39)(H,37,38)/t28-/m1/s1. The van der Waals surface area contributed by atoms with Crippen LogP contribution in [0, 0.1) is 11.3 Å². The molecule has 4 aromatic rings. The van der Waals surface area contributed by atoms with Gasteiger partial charge in [0.1, 0.15) is 18.1 Å². The van der Waals surface area contributed by atoms with E-state index in [1.807, 2.05) is 66.7 Å². The molecule has 8 nitrogen and oxygen atoms in total. The molecule has 0 spiro atoms. The van der Waals surface area contributed by atoms with Crippen LogP contribution >= 0.6 is 11.8 Å². The fourth-order valence-corrected chi connectivity index (χ4v) is 5.42. The topological polar surface area (TPSA) is 110 Å². The lowest BCUT2D eigenvalue weighted by Gasteiger charge is -2.25. The normalized spacial score (nSPS) is 14.3. The third kappa shape index (κ3) is 7.76. The minimum atomic E-state index is -0.487. The number of para-hydroxylation sites is 1. The number of allylic oxidation sites excluding steroid dienone is 1. The van der Waals surface area contributed by atoms with Gasteiger partial charge in [-0.25, -0.2) is 0 Å². The number of anilines is 1. The first-order chi connectivity index (χ1) is 21.0. The molecule has 0 radical (unpaired) electrons. The highest BCUT2D eigenvalue weighted by molar-refractivity contribution is 8.03. The molecule has 1 aliphatic rings. The Kier molecular flexibility index (Phi) is 9.62. The zero-order valence-corrected chi connectivity index (χ0v) is 24.2. The lowest BCUT2D eigenvalue weighted by molar-refractivity contribution is -0.121. The van der Waals surface area contributed by atoms with Gasteiger partial charge in [0.2, 0.25) is 11.8 Å². The average molecular weight is 592 g/mol. The van der Waals surface area contributed by atoms with Gasteiger partial charge in [0.25, 0.3) is 0 Å². The van der Waals surface area contributed by atoms with Gasteiger partial charge >= 0.3 is 0 Å². The van der Waals surface area contributed by atoms with E-state index in [-0.39, 0.29) is 24.0 Å². The van der Waals surface area contributed by atoms with Crippen molar-refractivity contribution in [2.75, 3.05) is 18.2 Å². The number of hydrogen-bond acceptors (Lipinski definition) is 7. The number of thioether (sulfide) groups is 1. The summed E-state index contributed by atoms with van der Waals surface area (Å²) in [4.78, 5) is 25.4. The number of rotatable bonds is 11. The smallest absolute Gasteiger partial charge is 0.234 e. The van der Waals surface area contributed by atoms with Crippen LogP contribution in [0.3, 0.4) is 0 Å². The Morgan fingerprint density at radius 2 is 1.65 bits per heavy atom. The summed E-state index contributed by atoms with van der Waals surface area (Å²) in [5, 5.41) is 16.0. The third-order valence-corrected chi connectivity index (χ3v) is 7.66. The molecule has 2 N–H and O–H groups in total. The van der Waals surface area contributed by atoms with Gasteiger partial charge in [0, 0.05) is 18.0 Å². The second-order valence-electron chi connectivity index (χ2n) is 9.62.